The van der Waals surface area contributed by atoms with Crippen molar-refractivity contribution in [1.29, 1.82) is 0 Å². The molecule has 1 aromatic heterocycles. The molecule has 136 valence electrons. The molecule has 1 heterocycles. The third kappa shape index (κ3) is 4.00. The SMILES string of the molecule is CC(CN)CNC(=O)c1oc2ccccc2c1COc1ccccc1Cl. The number of hydrogen-bond donors (Lipinski definition) is 2. The van der Waals surface area contributed by atoms with Gasteiger partial charge in [0, 0.05) is 17.5 Å². The first kappa shape index (κ1) is 18.3. The normalized spacial score (nSPS) is 12.1. The minimum atomic E-state index is -0.278. The molecule has 3 rings (SSSR count). The smallest absolute Gasteiger partial charge is 0.287 e. The predicted octanol–water partition coefficient (Wildman–Crippen LogP) is 3.99. The third-order valence-corrected chi connectivity index (χ3v) is 4.44. The molecule has 3 N–H and O–H groups in total. The molecule has 0 aliphatic heterocycles. The molecular formula is C20H21ClN2O3. The summed E-state index contributed by atoms with van der Waals surface area (Å²) in [4.78, 5) is 12.6. The van der Waals surface area contributed by atoms with E-state index in [2.05, 4.69) is 5.32 Å². The Hall–Kier alpha value is -2.50. The van der Waals surface area contributed by atoms with E-state index in [4.69, 9.17) is 26.5 Å². The van der Waals surface area contributed by atoms with Crippen molar-refractivity contribution in [1.82, 2.24) is 5.32 Å². The van der Waals surface area contributed by atoms with Crippen molar-refractivity contribution in [2.45, 2.75) is 13.5 Å². The van der Waals surface area contributed by atoms with Crippen molar-refractivity contribution >= 4 is 28.5 Å². The Labute approximate surface area is 157 Å². The van der Waals surface area contributed by atoms with Crippen molar-refractivity contribution in [3.8, 4) is 5.75 Å². The zero-order chi connectivity index (χ0) is 18.5. The Morgan fingerprint density at radius 1 is 1.23 bits per heavy atom. The quantitative estimate of drug-likeness (QED) is 0.657. The summed E-state index contributed by atoms with van der Waals surface area (Å²) in [5.41, 5.74) is 6.94. The van der Waals surface area contributed by atoms with Crippen molar-refractivity contribution in [3.63, 3.8) is 0 Å². The molecule has 26 heavy (non-hydrogen) atoms. The summed E-state index contributed by atoms with van der Waals surface area (Å²) >= 11 is 6.15. The number of ether oxygens (including phenoxy) is 1. The van der Waals surface area contributed by atoms with Gasteiger partial charge in [-0.3, -0.25) is 4.79 Å². The van der Waals surface area contributed by atoms with Crippen LogP contribution in [0, 0.1) is 5.92 Å². The van der Waals surface area contributed by atoms with Gasteiger partial charge in [0.25, 0.3) is 5.91 Å². The van der Waals surface area contributed by atoms with E-state index >= 15 is 0 Å². The first-order valence-corrected chi connectivity index (χ1v) is 8.84. The van der Waals surface area contributed by atoms with E-state index in [0.29, 0.717) is 35.0 Å². The van der Waals surface area contributed by atoms with Gasteiger partial charge in [0.2, 0.25) is 0 Å². The summed E-state index contributed by atoms with van der Waals surface area (Å²) in [6.07, 6.45) is 0. The first-order chi connectivity index (χ1) is 12.6. The highest BCUT2D eigenvalue weighted by Crippen LogP contribution is 2.29. The van der Waals surface area contributed by atoms with Gasteiger partial charge in [0.1, 0.15) is 17.9 Å². The van der Waals surface area contributed by atoms with Gasteiger partial charge in [0.05, 0.1) is 5.02 Å². The summed E-state index contributed by atoms with van der Waals surface area (Å²) in [7, 11) is 0. The fourth-order valence-electron chi connectivity index (χ4n) is 2.57. The molecule has 0 fully saturated rings. The highest BCUT2D eigenvalue weighted by Gasteiger charge is 2.21. The molecule has 3 aromatic rings. The van der Waals surface area contributed by atoms with Crippen LogP contribution in [0.3, 0.4) is 0 Å². The molecule has 0 saturated carbocycles. The number of rotatable bonds is 7. The largest absolute Gasteiger partial charge is 0.487 e. The number of benzene rings is 2. The maximum atomic E-state index is 12.6. The molecule has 0 saturated heterocycles. The van der Waals surface area contributed by atoms with Crippen LogP contribution in [-0.2, 0) is 6.61 Å². The number of para-hydroxylation sites is 2. The molecule has 0 aliphatic carbocycles. The van der Waals surface area contributed by atoms with Crippen LogP contribution in [0.15, 0.2) is 52.9 Å². The van der Waals surface area contributed by atoms with Gasteiger partial charge in [0.15, 0.2) is 5.76 Å². The van der Waals surface area contributed by atoms with Crippen LogP contribution in [0.1, 0.15) is 23.0 Å². The average Bonchev–Trinajstić information content (AvgIpc) is 3.04. The summed E-state index contributed by atoms with van der Waals surface area (Å²) in [6, 6.07) is 14.7. The van der Waals surface area contributed by atoms with Gasteiger partial charge >= 0.3 is 0 Å². The molecule has 0 bridgehead atoms. The molecule has 6 heteroatoms. The second kappa shape index (κ2) is 8.25. The van der Waals surface area contributed by atoms with E-state index < -0.39 is 0 Å². The lowest BCUT2D eigenvalue weighted by atomic mass is 10.1. The molecule has 1 amide bonds. The van der Waals surface area contributed by atoms with E-state index in [1.807, 2.05) is 43.3 Å². The van der Waals surface area contributed by atoms with E-state index in [0.717, 1.165) is 5.39 Å². The lowest BCUT2D eigenvalue weighted by molar-refractivity contribution is 0.0919. The average molecular weight is 373 g/mol. The van der Waals surface area contributed by atoms with Crippen molar-refractivity contribution < 1.29 is 13.9 Å². The van der Waals surface area contributed by atoms with Crippen LogP contribution in [0.4, 0.5) is 0 Å². The minimum Gasteiger partial charge on any atom is -0.487 e. The second-order valence-electron chi connectivity index (χ2n) is 6.18. The fourth-order valence-corrected chi connectivity index (χ4v) is 2.76. The Kier molecular flexibility index (Phi) is 5.81. The van der Waals surface area contributed by atoms with E-state index in [-0.39, 0.29) is 24.2 Å². The maximum absolute atomic E-state index is 12.6. The second-order valence-corrected chi connectivity index (χ2v) is 6.58. The summed E-state index contributed by atoms with van der Waals surface area (Å²) in [6.45, 7) is 3.14. The Morgan fingerprint density at radius 3 is 2.73 bits per heavy atom. The number of hydrogen-bond acceptors (Lipinski definition) is 4. The molecule has 0 spiro atoms. The third-order valence-electron chi connectivity index (χ3n) is 4.13. The van der Waals surface area contributed by atoms with Crippen molar-refractivity contribution in [2.24, 2.45) is 11.7 Å². The Morgan fingerprint density at radius 2 is 1.96 bits per heavy atom. The number of carbonyl (C=O) groups excluding carboxylic acids is 1. The first-order valence-electron chi connectivity index (χ1n) is 8.46. The van der Waals surface area contributed by atoms with Gasteiger partial charge in [-0.05, 0) is 30.7 Å². The zero-order valence-electron chi connectivity index (χ0n) is 14.5. The number of fused-ring (bicyclic) bond motifs is 1. The van der Waals surface area contributed by atoms with Crippen LogP contribution in [0.2, 0.25) is 5.02 Å². The monoisotopic (exact) mass is 372 g/mol. The number of nitrogens with one attached hydrogen (secondary N) is 1. The van der Waals surface area contributed by atoms with E-state index in [9.17, 15) is 4.79 Å². The highest BCUT2D eigenvalue weighted by atomic mass is 35.5. The molecule has 1 unspecified atom stereocenters. The fraction of sp³-hybridized carbons (Fsp3) is 0.250. The number of carbonyl (C=O) groups is 1. The lowest BCUT2D eigenvalue weighted by Gasteiger charge is -2.11. The van der Waals surface area contributed by atoms with Gasteiger partial charge in [-0.2, -0.15) is 0 Å². The predicted molar refractivity (Wildman–Crippen MR) is 103 cm³/mol. The number of amides is 1. The zero-order valence-corrected chi connectivity index (χ0v) is 15.3. The lowest BCUT2D eigenvalue weighted by Crippen LogP contribution is -2.31. The van der Waals surface area contributed by atoms with E-state index in [1.54, 1.807) is 12.1 Å². The van der Waals surface area contributed by atoms with Crippen molar-refractivity contribution in [2.75, 3.05) is 13.1 Å². The van der Waals surface area contributed by atoms with Gasteiger partial charge in [-0.1, -0.05) is 48.9 Å². The van der Waals surface area contributed by atoms with Crippen molar-refractivity contribution in [3.05, 3.63) is 64.9 Å². The van der Waals surface area contributed by atoms with Gasteiger partial charge in [-0.25, -0.2) is 0 Å². The van der Waals surface area contributed by atoms with E-state index in [1.165, 1.54) is 0 Å². The Balaban J connectivity index is 1.87. The summed E-state index contributed by atoms with van der Waals surface area (Å²) in [5.74, 6) is 0.718. The topological polar surface area (TPSA) is 77.5 Å². The molecule has 1 atom stereocenters. The molecule has 5 nitrogen and oxygen atoms in total. The molecular weight excluding hydrogens is 352 g/mol. The number of furan rings is 1. The van der Waals surface area contributed by atoms with Crippen LogP contribution >= 0.6 is 11.6 Å². The van der Waals surface area contributed by atoms with Crippen LogP contribution in [-0.4, -0.2) is 19.0 Å². The maximum Gasteiger partial charge on any atom is 0.287 e. The minimum absolute atomic E-state index is 0.177. The molecule has 0 aliphatic rings. The number of nitrogens with two attached hydrogens (primary N) is 1. The van der Waals surface area contributed by atoms with Crippen LogP contribution in [0.5, 0.6) is 5.75 Å². The Bertz CT molecular complexity index is 907. The highest BCUT2D eigenvalue weighted by molar-refractivity contribution is 6.32. The molecule has 2 aromatic carbocycles. The van der Waals surface area contributed by atoms with Crippen LogP contribution in [0.25, 0.3) is 11.0 Å². The number of halogens is 1. The van der Waals surface area contributed by atoms with Gasteiger partial charge < -0.3 is 20.2 Å². The van der Waals surface area contributed by atoms with Gasteiger partial charge in [-0.15, -0.1) is 0 Å². The standard InChI is InChI=1S/C20H21ClN2O3/c1-13(10-22)11-23-20(24)19-15(14-6-2-4-8-17(14)26-19)12-25-18-9-5-3-7-16(18)21/h2-9,13H,10-12,22H2,1H3,(H,23,24). The summed E-state index contributed by atoms with van der Waals surface area (Å²) < 4.78 is 11.6. The summed E-state index contributed by atoms with van der Waals surface area (Å²) in [5, 5.41) is 4.23. The van der Waals surface area contributed by atoms with Crippen LogP contribution < -0.4 is 15.8 Å². The molecule has 0 radical (unpaired) electrons.